The van der Waals surface area contributed by atoms with Gasteiger partial charge in [0.05, 0.1) is 0 Å². The van der Waals surface area contributed by atoms with E-state index in [4.69, 9.17) is 5.73 Å². The molecule has 0 bridgehead atoms. The van der Waals surface area contributed by atoms with Crippen molar-refractivity contribution in [1.82, 2.24) is 5.32 Å². The molecule has 1 fully saturated rings. The number of carbonyl (C=O) groups excluding carboxylic acids is 2. The van der Waals surface area contributed by atoms with Crippen LogP contribution in [-0.4, -0.2) is 18.4 Å². The van der Waals surface area contributed by atoms with Gasteiger partial charge < -0.3 is 5.73 Å². The first-order chi connectivity index (χ1) is 6.20. The molecular formula is C9H18N2O2. The van der Waals surface area contributed by atoms with E-state index in [1.165, 1.54) is 19.3 Å². The third-order valence-corrected chi connectivity index (χ3v) is 1.67. The van der Waals surface area contributed by atoms with Crippen LogP contribution in [0.5, 0.6) is 0 Å². The standard InChI is InChI=1S/C5H13N.C4H5NO2/c1-2-3-4-5-6;6-3-1-2-4(7)5-3/h2-6H2,1H3;1-2H2,(H,5,6,7). The Kier molecular flexibility index (Phi) is 7.20. The molecule has 3 N–H and O–H groups in total. The first-order valence-electron chi connectivity index (χ1n) is 4.73. The van der Waals surface area contributed by atoms with E-state index < -0.39 is 0 Å². The van der Waals surface area contributed by atoms with Crippen molar-refractivity contribution in [2.75, 3.05) is 6.54 Å². The molecule has 4 nitrogen and oxygen atoms in total. The second-order valence-corrected chi connectivity index (χ2v) is 2.97. The molecule has 2 amide bonds. The largest absolute Gasteiger partial charge is 0.330 e. The summed E-state index contributed by atoms with van der Waals surface area (Å²) >= 11 is 0. The molecule has 0 aromatic heterocycles. The number of amides is 2. The van der Waals surface area contributed by atoms with Gasteiger partial charge in [-0.1, -0.05) is 19.8 Å². The highest BCUT2D eigenvalue weighted by atomic mass is 16.2. The molecule has 0 aromatic rings. The Balaban J connectivity index is 0.000000226. The van der Waals surface area contributed by atoms with E-state index in [2.05, 4.69) is 12.2 Å². The molecule has 1 heterocycles. The molecule has 0 radical (unpaired) electrons. The monoisotopic (exact) mass is 186 g/mol. The predicted octanol–water partition coefficient (Wildman–Crippen LogP) is 0.558. The summed E-state index contributed by atoms with van der Waals surface area (Å²) in [5, 5.41) is 2.14. The molecule has 0 aromatic carbocycles. The molecule has 0 atom stereocenters. The van der Waals surface area contributed by atoms with Crippen LogP contribution in [0.2, 0.25) is 0 Å². The number of hydrogen-bond acceptors (Lipinski definition) is 3. The van der Waals surface area contributed by atoms with E-state index in [0.717, 1.165) is 6.54 Å². The average Bonchev–Trinajstić information content (AvgIpc) is 2.47. The van der Waals surface area contributed by atoms with E-state index in [1.54, 1.807) is 0 Å². The van der Waals surface area contributed by atoms with Gasteiger partial charge in [0.15, 0.2) is 0 Å². The summed E-state index contributed by atoms with van der Waals surface area (Å²) in [5.74, 6) is -0.296. The Morgan fingerprint density at radius 3 is 1.92 bits per heavy atom. The maximum Gasteiger partial charge on any atom is 0.227 e. The molecule has 0 spiro atoms. The van der Waals surface area contributed by atoms with Gasteiger partial charge >= 0.3 is 0 Å². The van der Waals surface area contributed by atoms with E-state index in [0.29, 0.717) is 12.8 Å². The molecule has 0 saturated carbocycles. The van der Waals surface area contributed by atoms with Crippen LogP contribution in [0.15, 0.2) is 0 Å². The Bertz CT molecular complexity index is 151. The first-order valence-corrected chi connectivity index (χ1v) is 4.73. The van der Waals surface area contributed by atoms with Crippen molar-refractivity contribution in [3.8, 4) is 0 Å². The minimum Gasteiger partial charge on any atom is -0.330 e. The van der Waals surface area contributed by atoms with Crippen LogP contribution in [0, 0.1) is 0 Å². The lowest BCUT2D eigenvalue weighted by Crippen LogP contribution is -2.18. The van der Waals surface area contributed by atoms with Gasteiger partial charge in [-0.2, -0.15) is 0 Å². The highest BCUT2D eigenvalue weighted by Crippen LogP contribution is 1.95. The maximum absolute atomic E-state index is 10.1. The summed E-state index contributed by atoms with van der Waals surface area (Å²) in [6.07, 6.45) is 4.50. The predicted molar refractivity (Wildman–Crippen MR) is 51.0 cm³/mol. The second-order valence-electron chi connectivity index (χ2n) is 2.97. The van der Waals surface area contributed by atoms with Crippen LogP contribution in [0.1, 0.15) is 39.0 Å². The van der Waals surface area contributed by atoms with Gasteiger partial charge in [0.25, 0.3) is 0 Å². The van der Waals surface area contributed by atoms with Crippen LogP contribution < -0.4 is 11.1 Å². The molecule has 76 valence electrons. The molecule has 13 heavy (non-hydrogen) atoms. The lowest BCUT2D eigenvalue weighted by molar-refractivity contribution is -0.124. The Morgan fingerprint density at radius 2 is 1.77 bits per heavy atom. The minimum absolute atomic E-state index is 0.148. The fraction of sp³-hybridized carbons (Fsp3) is 0.778. The van der Waals surface area contributed by atoms with Crippen molar-refractivity contribution in [3.05, 3.63) is 0 Å². The summed E-state index contributed by atoms with van der Waals surface area (Å²) in [5.41, 5.74) is 5.21. The number of imide groups is 1. The molecule has 1 saturated heterocycles. The smallest absolute Gasteiger partial charge is 0.227 e. The first kappa shape index (κ1) is 12.1. The molecule has 1 aliphatic heterocycles. The van der Waals surface area contributed by atoms with E-state index >= 15 is 0 Å². The third kappa shape index (κ3) is 7.46. The topological polar surface area (TPSA) is 72.2 Å². The van der Waals surface area contributed by atoms with Gasteiger partial charge in [-0.3, -0.25) is 14.9 Å². The van der Waals surface area contributed by atoms with Gasteiger partial charge in [-0.15, -0.1) is 0 Å². The van der Waals surface area contributed by atoms with Gasteiger partial charge in [0.1, 0.15) is 0 Å². The zero-order chi connectivity index (χ0) is 10.1. The highest BCUT2D eigenvalue weighted by Gasteiger charge is 2.15. The third-order valence-electron chi connectivity index (χ3n) is 1.67. The van der Waals surface area contributed by atoms with Gasteiger partial charge in [0.2, 0.25) is 11.8 Å². The van der Waals surface area contributed by atoms with Crippen molar-refractivity contribution in [3.63, 3.8) is 0 Å². The normalized spacial score (nSPS) is 14.9. The average molecular weight is 186 g/mol. The number of carbonyl (C=O) groups is 2. The maximum atomic E-state index is 10.1. The van der Waals surface area contributed by atoms with Crippen molar-refractivity contribution in [1.29, 1.82) is 0 Å². The van der Waals surface area contributed by atoms with Crippen molar-refractivity contribution in [2.45, 2.75) is 39.0 Å². The van der Waals surface area contributed by atoms with Gasteiger partial charge in [0, 0.05) is 12.8 Å². The summed E-state index contributed by atoms with van der Waals surface area (Å²) in [6, 6.07) is 0. The molecule has 1 rings (SSSR count). The van der Waals surface area contributed by atoms with Crippen LogP contribution in [0.3, 0.4) is 0 Å². The number of nitrogens with one attached hydrogen (secondary N) is 1. The molecule has 4 heteroatoms. The fourth-order valence-electron chi connectivity index (χ4n) is 0.902. The summed E-state index contributed by atoms with van der Waals surface area (Å²) in [7, 11) is 0. The Morgan fingerprint density at radius 1 is 1.23 bits per heavy atom. The molecular weight excluding hydrogens is 168 g/mol. The van der Waals surface area contributed by atoms with Crippen molar-refractivity contribution < 1.29 is 9.59 Å². The highest BCUT2D eigenvalue weighted by molar-refractivity contribution is 6.01. The van der Waals surface area contributed by atoms with Crippen molar-refractivity contribution >= 4 is 11.8 Å². The quantitative estimate of drug-likeness (QED) is 0.499. The van der Waals surface area contributed by atoms with Crippen LogP contribution >= 0.6 is 0 Å². The number of nitrogens with two attached hydrogens (primary N) is 1. The molecule has 0 aliphatic carbocycles. The molecule has 1 aliphatic rings. The summed E-state index contributed by atoms with van der Waals surface area (Å²) < 4.78 is 0. The Labute approximate surface area is 78.9 Å². The fourth-order valence-corrected chi connectivity index (χ4v) is 0.902. The van der Waals surface area contributed by atoms with Crippen LogP contribution in [0.25, 0.3) is 0 Å². The zero-order valence-electron chi connectivity index (χ0n) is 8.14. The summed E-state index contributed by atoms with van der Waals surface area (Å²) in [6.45, 7) is 3.03. The van der Waals surface area contributed by atoms with Crippen LogP contribution in [0.4, 0.5) is 0 Å². The Hall–Kier alpha value is -0.900. The van der Waals surface area contributed by atoms with E-state index in [1.807, 2.05) is 0 Å². The molecule has 0 unspecified atom stereocenters. The van der Waals surface area contributed by atoms with E-state index in [9.17, 15) is 9.59 Å². The lowest BCUT2D eigenvalue weighted by atomic mass is 10.3. The second kappa shape index (κ2) is 7.73. The lowest BCUT2D eigenvalue weighted by Gasteiger charge is -1.86. The van der Waals surface area contributed by atoms with E-state index in [-0.39, 0.29) is 11.8 Å². The number of rotatable bonds is 3. The number of unbranched alkanes of at least 4 members (excludes halogenated alkanes) is 2. The minimum atomic E-state index is -0.148. The SMILES string of the molecule is CCCCCN.O=C1CCC(=O)N1. The van der Waals surface area contributed by atoms with Gasteiger partial charge in [-0.05, 0) is 13.0 Å². The zero-order valence-corrected chi connectivity index (χ0v) is 8.14. The van der Waals surface area contributed by atoms with Gasteiger partial charge in [-0.25, -0.2) is 0 Å². The number of hydrogen-bond donors (Lipinski definition) is 2. The van der Waals surface area contributed by atoms with Crippen molar-refractivity contribution in [2.24, 2.45) is 5.73 Å². The summed E-state index contributed by atoms with van der Waals surface area (Å²) in [4.78, 5) is 20.2. The van der Waals surface area contributed by atoms with Crippen LogP contribution in [-0.2, 0) is 9.59 Å².